The first-order chi connectivity index (χ1) is 5.24. The molecule has 0 saturated heterocycles. The van der Waals surface area contributed by atoms with Gasteiger partial charge in [-0.15, -0.1) is 0 Å². The minimum Gasteiger partial charge on any atom is -0.361 e. The predicted molar refractivity (Wildman–Crippen MR) is 41.1 cm³/mol. The molecule has 0 aliphatic heterocycles. The van der Waals surface area contributed by atoms with Gasteiger partial charge in [0.05, 0.1) is 5.92 Å². The standard InChI is InChI=1S/C8H8N2O/c1-6(11)7-2-4-8(10-9)5-3-7/h2-5,7H,1H3. The molecule has 1 aliphatic rings. The molecule has 0 amide bonds. The fourth-order valence-electron chi connectivity index (χ4n) is 0.862. The van der Waals surface area contributed by atoms with E-state index in [1.54, 1.807) is 24.3 Å². The summed E-state index contributed by atoms with van der Waals surface area (Å²) in [4.78, 5) is 13.8. The maximum Gasteiger partial charge on any atom is 0.314 e. The SMILES string of the molecule is CC(=O)C1C=CC(=[N+]=[N-])C=C1. The molecular formula is C8H8N2O. The average Bonchev–Trinajstić information content (AvgIpc) is 2.05. The summed E-state index contributed by atoms with van der Waals surface area (Å²) in [5.74, 6) is -0.0602. The van der Waals surface area contributed by atoms with Gasteiger partial charge in [0.1, 0.15) is 5.78 Å². The fourth-order valence-corrected chi connectivity index (χ4v) is 0.862. The first kappa shape index (κ1) is 7.63. The Morgan fingerprint density at radius 3 is 2.45 bits per heavy atom. The molecule has 1 rings (SSSR count). The zero-order valence-electron chi connectivity index (χ0n) is 6.19. The summed E-state index contributed by atoms with van der Waals surface area (Å²) in [6.45, 7) is 1.53. The third-order valence-electron chi connectivity index (χ3n) is 1.53. The normalized spacial score (nSPS) is 21.5. The lowest BCUT2D eigenvalue weighted by atomic mass is 9.99. The largest absolute Gasteiger partial charge is 0.361 e. The van der Waals surface area contributed by atoms with Crippen LogP contribution in [0.1, 0.15) is 6.92 Å². The van der Waals surface area contributed by atoms with Crippen LogP contribution in [0.2, 0.25) is 0 Å². The van der Waals surface area contributed by atoms with Gasteiger partial charge < -0.3 is 5.53 Å². The number of allylic oxidation sites excluding steroid dienone is 4. The summed E-state index contributed by atoms with van der Waals surface area (Å²) in [7, 11) is 0. The smallest absolute Gasteiger partial charge is 0.314 e. The van der Waals surface area contributed by atoms with E-state index in [-0.39, 0.29) is 11.7 Å². The van der Waals surface area contributed by atoms with E-state index < -0.39 is 0 Å². The van der Waals surface area contributed by atoms with Crippen molar-refractivity contribution in [3.8, 4) is 0 Å². The molecule has 0 saturated carbocycles. The minimum absolute atomic E-state index is 0.0921. The third-order valence-corrected chi connectivity index (χ3v) is 1.53. The Hall–Kier alpha value is -1.47. The summed E-state index contributed by atoms with van der Waals surface area (Å²) >= 11 is 0. The van der Waals surface area contributed by atoms with Crippen LogP contribution in [-0.4, -0.2) is 16.3 Å². The molecule has 3 nitrogen and oxygen atoms in total. The second-order valence-electron chi connectivity index (χ2n) is 2.38. The minimum atomic E-state index is -0.152. The molecule has 0 bridgehead atoms. The third kappa shape index (κ3) is 1.72. The van der Waals surface area contributed by atoms with Gasteiger partial charge in [-0.25, -0.2) is 0 Å². The molecule has 0 aromatic carbocycles. The highest BCUT2D eigenvalue weighted by Gasteiger charge is 2.12. The van der Waals surface area contributed by atoms with Crippen LogP contribution < -0.4 is 0 Å². The number of carbonyl (C=O) groups is 1. The Kier molecular flexibility index (Phi) is 2.14. The highest BCUT2D eigenvalue weighted by Crippen LogP contribution is 2.07. The van der Waals surface area contributed by atoms with E-state index in [0.717, 1.165) is 0 Å². The van der Waals surface area contributed by atoms with Crippen molar-refractivity contribution in [1.29, 1.82) is 0 Å². The van der Waals surface area contributed by atoms with Crippen LogP contribution in [0.25, 0.3) is 5.53 Å². The number of Topliss-reactive ketones (excluding diaryl/α,β-unsaturated/α-hetero) is 1. The first-order valence-corrected chi connectivity index (χ1v) is 3.33. The molecule has 0 aromatic rings. The van der Waals surface area contributed by atoms with Gasteiger partial charge in [0, 0.05) is 12.2 Å². The molecule has 0 aromatic heterocycles. The summed E-state index contributed by atoms with van der Waals surface area (Å²) in [5.41, 5.74) is 8.79. The number of ketones is 1. The van der Waals surface area contributed by atoms with Gasteiger partial charge in [-0.05, 0) is 6.92 Å². The van der Waals surface area contributed by atoms with Crippen molar-refractivity contribution in [2.45, 2.75) is 6.92 Å². The molecule has 0 fully saturated rings. The molecule has 0 unspecified atom stereocenters. The monoisotopic (exact) mass is 148 g/mol. The van der Waals surface area contributed by atoms with Crippen molar-refractivity contribution in [2.75, 3.05) is 0 Å². The van der Waals surface area contributed by atoms with Crippen LogP contribution >= 0.6 is 0 Å². The van der Waals surface area contributed by atoms with E-state index in [1.807, 2.05) is 0 Å². The number of carbonyl (C=O) groups excluding carboxylic acids is 1. The molecule has 11 heavy (non-hydrogen) atoms. The molecule has 0 spiro atoms. The Balaban J connectivity index is 2.80. The maximum atomic E-state index is 10.8. The lowest BCUT2D eigenvalue weighted by Gasteiger charge is -2.02. The second kappa shape index (κ2) is 3.08. The van der Waals surface area contributed by atoms with Gasteiger partial charge in [-0.3, -0.25) is 4.79 Å². The predicted octanol–water partition coefficient (Wildman–Crippen LogP) is 0.988. The molecule has 0 radical (unpaired) electrons. The van der Waals surface area contributed by atoms with Crippen molar-refractivity contribution in [2.24, 2.45) is 5.92 Å². The lowest BCUT2D eigenvalue weighted by Crippen LogP contribution is -2.09. The van der Waals surface area contributed by atoms with Crippen LogP contribution in [-0.2, 0) is 4.79 Å². The molecular weight excluding hydrogens is 140 g/mol. The van der Waals surface area contributed by atoms with E-state index in [9.17, 15) is 4.79 Å². The topological polar surface area (TPSA) is 53.5 Å². The molecule has 0 heterocycles. The number of hydrogen-bond donors (Lipinski definition) is 0. The summed E-state index contributed by atoms with van der Waals surface area (Å²) in [6.07, 6.45) is 6.65. The van der Waals surface area contributed by atoms with E-state index >= 15 is 0 Å². The van der Waals surface area contributed by atoms with E-state index in [0.29, 0.717) is 5.71 Å². The zero-order valence-corrected chi connectivity index (χ0v) is 6.19. The molecule has 0 N–H and O–H groups in total. The van der Waals surface area contributed by atoms with Gasteiger partial charge in [0.2, 0.25) is 0 Å². The highest BCUT2D eigenvalue weighted by atomic mass is 16.1. The Morgan fingerprint density at radius 1 is 1.55 bits per heavy atom. The first-order valence-electron chi connectivity index (χ1n) is 3.33. The van der Waals surface area contributed by atoms with Crippen LogP contribution in [0.15, 0.2) is 24.3 Å². The van der Waals surface area contributed by atoms with E-state index in [4.69, 9.17) is 5.53 Å². The molecule has 1 aliphatic carbocycles. The van der Waals surface area contributed by atoms with Gasteiger partial charge in [-0.2, -0.15) is 4.79 Å². The lowest BCUT2D eigenvalue weighted by molar-refractivity contribution is -0.118. The van der Waals surface area contributed by atoms with Crippen LogP contribution in [0, 0.1) is 5.92 Å². The van der Waals surface area contributed by atoms with Crippen molar-refractivity contribution >= 4 is 11.5 Å². The average molecular weight is 148 g/mol. The Labute approximate surface area is 64.7 Å². The van der Waals surface area contributed by atoms with Crippen molar-refractivity contribution < 1.29 is 9.58 Å². The second-order valence-corrected chi connectivity index (χ2v) is 2.38. The zero-order chi connectivity index (χ0) is 8.27. The van der Waals surface area contributed by atoms with Crippen molar-refractivity contribution in [3.63, 3.8) is 0 Å². The summed E-state index contributed by atoms with van der Waals surface area (Å²) in [5, 5.41) is 0. The summed E-state index contributed by atoms with van der Waals surface area (Å²) in [6, 6.07) is 0. The number of hydrogen-bond acceptors (Lipinski definition) is 1. The van der Waals surface area contributed by atoms with Gasteiger partial charge in [0.15, 0.2) is 0 Å². The van der Waals surface area contributed by atoms with Gasteiger partial charge >= 0.3 is 5.71 Å². The van der Waals surface area contributed by atoms with Gasteiger partial charge in [-0.1, -0.05) is 12.2 Å². The fraction of sp³-hybridized carbons (Fsp3) is 0.250. The Bertz CT molecular complexity index is 266. The highest BCUT2D eigenvalue weighted by molar-refractivity contribution is 6.02. The molecule has 0 atom stereocenters. The van der Waals surface area contributed by atoms with Crippen LogP contribution in [0.5, 0.6) is 0 Å². The quantitative estimate of drug-likeness (QED) is 0.404. The molecule has 56 valence electrons. The summed E-state index contributed by atoms with van der Waals surface area (Å²) < 4.78 is 0. The van der Waals surface area contributed by atoms with Crippen LogP contribution in [0.4, 0.5) is 0 Å². The van der Waals surface area contributed by atoms with Gasteiger partial charge in [0.25, 0.3) is 0 Å². The maximum absolute atomic E-state index is 10.8. The van der Waals surface area contributed by atoms with E-state index in [1.165, 1.54) is 6.92 Å². The van der Waals surface area contributed by atoms with Crippen LogP contribution in [0.3, 0.4) is 0 Å². The molecule has 3 heteroatoms. The van der Waals surface area contributed by atoms with Crippen molar-refractivity contribution in [3.05, 3.63) is 29.8 Å². The number of rotatable bonds is 1. The number of nitrogens with zero attached hydrogens (tertiary/aromatic N) is 2. The van der Waals surface area contributed by atoms with E-state index in [2.05, 4.69) is 4.79 Å². The Morgan fingerprint density at radius 2 is 2.09 bits per heavy atom. The van der Waals surface area contributed by atoms with Crippen molar-refractivity contribution in [1.82, 2.24) is 0 Å².